The lowest BCUT2D eigenvalue weighted by atomic mass is 9.98. The number of anilines is 1. The molecule has 0 bridgehead atoms. The molecule has 1 amide bonds. The lowest BCUT2D eigenvalue weighted by Gasteiger charge is -2.24. The quantitative estimate of drug-likeness (QED) is 0.349. The van der Waals surface area contributed by atoms with E-state index in [0.29, 0.717) is 31.8 Å². The number of carbonyl (C=O) groups is 1. The summed E-state index contributed by atoms with van der Waals surface area (Å²) < 4.78 is 5.90. The number of pyridine rings is 1. The molecule has 0 radical (unpaired) electrons. The van der Waals surface area contributed by atoms with Crippen molar-refractivity contribution in [3.63, 3.8) is 0 Å². The normalized spacial score (nSPS) is 15.5. The second-order valence-corrected chi connectivity index (χ2v) is 8.51. The molecule has 5 rings (SSSR count). The Morgan fingerprint density at radius 1 is 0.968 bits per heavy atom. The van der Waals surface area contributed by atoms with Crippen LogP contribution >= 0.6 is 34.8 Å². The summed E-state index contributed by atoms with van der Waals surface area (Å²) in [7, 11) is 0. The SMILES string of the molecule is Cc1ccnc(N2C(=O)c3oc4ccc(Cl)cc4c(=O)c3[C@@H]2c2ccc(Cl)c(Cl)c2)c1. The summed E-state index contributed by atoms with van der Waals surface area (Å²) in [6, 6.07) is 12.5. The van der Waals surface area contributed by atoms with Gasteiger partial charge in [-0.15, -0.1) is 0 Å². The molecular formula is C23H13Cl3N2O3. The molecule has 5 nitrogen and oxygen atoms in total. The van der Waals surface area contributed by atoms with E-state index in [1.165, 1.54) is 11.0 Å². The van der Waals surface area contributed by atoms with Crippen molar-refractivity contribution in [1.29, 1.82) is 0 Å². The van der Waals surface area contributed by atoms with Gasteiger partial charge in [0.1, 0.15) is 11.4 Å². The smallest absolute Gasteiger partial charge is 0.296 e. The lowest BCUT2D eigenvalue weighted by Crippen LogP contribution is -2.30. The summed E-state index contributed by atoms with van der Waals surface area (Å²) in [6.45, 7) is 1.90. The molecule has 0 N–H and O–H groups in total. The van der Waals surface area contributed by atoms with Crippen LogP contribution in [-0.2, 0) is 0 Å². The molecule has 1 atom stereocenters. The number of fused-ring (bicyclic) bond motifs is 2. The van der Waals surface area contributed by atoms with Gasteiger partial charge >= 0.3 is 0 Å². The zero-order chi connectivity index (χ0) is 21.9. The Balaban J connectivity index is 1.84. The number of halogens is 3. The Morgan fingerprint density at radius 2 is 1.77 bits per heavy atom. The van der Waals surface area contributed by atoms with E-state index in [2.05, 4.69) is 4.98 Å². The van der Waals surface area contributed by atoms with Crippen LogP contribution in [-0.4, -0.2) is 10.9 Å². The Bertz CT molecular complexity index is 1450. The second-order valence-electron chi connectivity index (χ2n) is 7.26. The fourth-order valence-electron chi connectivity index (χ4n) is 3.83. The summed E-state index contributed by atoms with van der Waals surface area (Å²) in [4.78, 5) is 32.8. The van der Waals surface area contributed by atoms with Crippen molar-refractivity contribution >= 4 is 57.5 Å². The highest BCUT2D eigenvalue weighted by Gasteiger charge is 2.44. The van der Waals surface area contributed by atoms with Crippen LogP contribution in [0.15, 0.2) is 63.9 Å². The fraction of sp³-hybridized carbons (Fsp3) is 0.0870. The van der Waals surface area contributed by atoms with E-state index in [-0.39, 0.29) is 22.3 Å². The Morgan fingerprint density at radius 3 is 2.52 bits per heavy atom. The molecule has 4 aromatic rings. The van der Waals surface area contributed by atoms with Crippen molar-refractivity contribution < 1.29 is 9.21 Å². The average Bonchev–Trinajstić information content (AvgIpc) is 3.03. The van der Waals surface area contributed by atoms with Crippen LogP contribution in [0, 0.1) is 6.92 Å². The van der Waals surface area contributed by atoms with Gasteiger partial charge in [-0.25, -0.2) is 4.98 Å². The van der Waals surface area contributed by atoms with Crippen molar-refractivity contribution in [3.05, 3.63) is 102 Å². The number of amides is 1. The number of rotatable bonds is 2. The minimum Gasteiger partial charge on any atom is -0.450 e. The van der Waals surface area contributed by atoms with Crippen LogP contribution in [0.4, 0.5) is 5.82 Å². The van der Waals surface area contributed by atoms with E-state index in [1.54, 1.807) is 42.6 Å². The number of hydrogen-bond donors (Lipinski definition) is 0. The first-order chi connectivity index (χ1) is 14.8. The van der Waals surface area contributed by atoms with E-state index in [1.807, 2.05) is 13.0 Å². The summed E-state index contributed by atoms with van der Waals surface area (Å²) in [5.74, 6) is -0.0914. The van der Waals surface area contributed by atoms with Crippen molar-refractivity contribution in [1.82, 2.24) is 4.98 Å². The van der Waals surface area contributed by atoms with Gasteiger partial charge in [-0.2, -0.15) is 0 Å². The first kappa shape index (κ1) is 20.1. The van der Waals surface area contributed by atoms with Crippen LogP contribution in [0.25, 0.3) is 11.0 Å². The van der Waals surface area contributed by atoms with Gasteiger partial charge in [0.15, 0.2) is 5.43 Å². The van der Waals surface area contributed by atoms with E-state index in [4.69, 9.17) is 39.2 Å². The molecule has 3 heterocycles. The summed E-state index contributed by atoms with van der Waals surface area (Å²) in [5.41, 5.74) is 1.68. The Kier molecular flexibility index (Phi) is 4.77. The first-order valence-corrected chi connectivity index (χ1v) is 10.5. The monoisotopic (exact) mass is 470 g/mol. The number of carbonyl (C=O) groups excluding carboxylic acids is 1. The highest BCUT2D eigenvalue weighted by Crippen LogP contribution is 2.42. The average molecular weight is 472 g/mol. The fourth-order valence-corrected chi connectivity index (χ4v) is 4.31. The van der Waals surface area contributed by atoms with Crippen LogP contribution in [0.1, 0.15) is 33.3 Å². The molecule has 0 saturated carbocycles. The zero-order valence-electron chi connectivity index (χ0n) is 16.0. The van der Waals surface area contributed by atoms with Gasteiger partial charge < -0.3 is 4.42 Å². The van der Waals surface area contributed by atoms with Crippen LogP contribution in [0.2, 0.25) is 15.1 Å². The largest absolute Gasteiger partial charge is 0.450 e. The molecule has 0 fully saturated rings. The molecule has 0 unspecified atom stereocenters. The van der Waals surface area contributed by atoms with E-state index in [9.17, 15) is 9.59 Å². The van der Waals surface area contributed by atoms with Crippen LogP contribution in [0.5, 0.6) is 0 Å². The zero-order valence-corrected chi connectivity index (χ0v) is 18.3. The van der Waals surface area contributed by atoms with Gasteiger partial charge in [0.25, 0.3) is 5.91 Å². The summed E-state index contributed by atoms with van der Waals surface area (Å²) in [6.07, 6.45) is 1.61. The number of hydrogen-bond acceptors (Lipinski definition) is 4. The number of benzene rings is 2. The Labute approximate surface area is 191 Å². The third-order valence-corrected chi connectivity index (χ3v) is 6.21. The van der Waals surface area contributed by atoms with Gasteiger partial charge in [0, 0.05) is 11.2 Å². The third-order valence-electron chi connectivity index (χ3n) is 5.24. The summed E-state index contributed by atoms with van der Waals surface area (Å²) in [5, 5.41) is 1.37. The maximum atomic E-state index is 13.5. The lowest BCUT2D eigenvalue weighted by molar-refractivity contribution is 0.0970. The molecular weight excluding hydrogens is 459 g/mol. The number of aromatic nitrogens is 1. The second kappa shape index (κ2) is 7.38. The molecule has 154 valence electrons. The summed E-state index contributed by atoms with van der Waals surface area (Å²) >= 11 is 18.5. The Hall–Kier alpha value is -2.86. The van der Waals surface area contributed by atoms with Gasteiger partial charge in [0.2, 0.25) is 5.76 Å². The molecule has 31 heavy (non-hydrogen) atoms. The van der Waals surface area contributed by atoms with Gasteiger partial charge in [0.05, 0.1) is 27.0 Å². The van der Waals surface area contributed by atoms with Crippen molar-refractivity contribution in [2.45, 2.75) is 13.0 Å². The highest BCUT2D eigenvalue weighted by atomic mass is 35.5. The predicted octanol–water partition coefficient (Wildman–Crippen LogP) is 6.21. The van der Waals surface area contributed by atoms with E-state index >= 15 is 0 Å². The van der Waals surface area contributed by atoms with E-state index < -0.39 is 11.9 Å². The maximum Gasteiger partial charge on any atom is 0.296 e. The third kappa shape index (κ3) is 3.21. The minimum absolute atomic E-state index is 0.0285. The molecule has 8 heteroatoms. The van der Waals surface area contributed by atoms with E-state index in [0.717, 1.165) is 5.56 Å². The molecule has 0 aliphatic carbocycles. The molecule has 1 aliphatic rings. The number of nitrogens with zero attached hydrogens (tertiary/aromatic N) is 2. The predicted molar refractivity (Wildman–Crippen MR) is 122 cm³/mol. The van der Waals surface area contributed by atoms with Crippen molar-refractivity contribution in [2.75, 3.05) is 4.90 Å². The standard InChI is InChI=1S/C23H13Cl3N2O3/c1-11-6-7-27-18(8-11)28-20(12-2-4-15(25)16(26)9-12)19-21(29)14-10-13(24)3-5-17(14)31-22(19)23(28)30/h2-10,20H,1H3/t20-/m0/s1. The number of aryl methyl sites for hydroxylation is 1. The topological polar surface area (TPSA) is 63.4 Å². The molecule has 2 aromatic heterocycles. The van der Waals surface area contributed by atoms with Gasteiger partial charge in [-0.05, 0) is 60.5 Å². The molecule has 0 spiro atoms. The van der Waals surface area contributed by atoms with Gasteiger partial charge in [-0.1, -0.05) is 40.9 Å². The minimum atomic E-state index is -0.786. The highest BCUT2D eigenvalue weighted by molar-refractivity contribution is 6.42. The molecule has 0 saturated heterocycles. The van der Waals surface area contributed by atoms with Crippen molar-refractivity contribution in [2.24, 2.45) is 0 Å². The first-order valence-electron chi connectivity index (χ1n) is 9.32. The van der Waals surface area contributed by atoms with Crippen molar-refractivity contribution in [3.8, 4) is 0 Å². The van der Waals surface area contributed by atoms with Crippen LogP contribution < -0.4 is 10.3 Å². The maximum absolute atomic E-state index is 13.5. The van der Waals surface area contributed by atoms with Gasteiger partial charge in [-0.3, -0.25) is 14.5 Å². The molecule has 1 aliphatic heterocycles. The molecule has 2 aromatic carbocycles. The van der Waals surface area contributed by atoms with Crippen LogP contribution in [0.3, 0.4) is 0 Å².